The van der Waals surface area contributed by atoms with E-state index in [2.05, 4.69) is 13.8 Å². The first-order chi connectivity index (χ1) is 15.3. The molecule has 0 aromatic carbocycles. The maximum absolute atomic E-state index is 11.3. The van der Waals surface area contributed by atoms with Crippen LogP contribution in [0.3, 0.4) is 0 Å². The van der Waals surface area contributed by atoms with Crippen LogP contribution in [0.4, 0.5) is 0 Å². The summed E-state index contributed by atoms with van der Waals surface area (Å²) in [6, 6.07) is 0. The summed E-state index contributed by atoms with van der Waals surface area (Å²) in [7, 11) is -4.40. The molecule has 1 atom stereocenters. The number of hydrogen-bond donors (Lipinski definition) is 1. The molecular formula is C27H56O4S. The fraction of sp³-hybridized carbons (Fsp3) is 1.00. The molecule has 1 N–H and O–H groups in total. The van der Waals surface area contributed by atoms with Crippen LogP contribution in [0.5, 0.6) is 0 Å². The van der Waals surface area contributed by atoms with Gasteiger partial charge in [-0.05, 0) is 19.8 Å². The van der Waals surface area contributed by atoms with Crippen molar-refractivity contribution in [2.24, 2.45) is 0 Å². The second-order valence-corrected chi connectivity index (χ2v) is 11.2. The summed E-state index contributed by atoms with van der Waals surface area (Å²) in [6.07, 6.45) is 28.4. The third kappa shape index (κ3) is 23.0. The average Bonchev–Trinajstić information content (AvgIpc) is 2.72. The standard InChI is InChI=1S/C27H56O4S/c1-4-6-8-10-11-12-13-14-15-16-17-18-19-20-21-22-24-26-27(3,31-32(28,29)30)25-23-9-7-5-2/h4-26H2,1-3H3,(H,28,29,30). The molecule has 4 nitrogen and oxygen atoms in total. The first-order valence-electron chi connectivity index (χ1n) is 14.0. The molecule has 1 unspecified atom stereocenters. The van der Waals surface area contributed by atoms with Gasteiger partial charge in [0.1, 0.15) is 0 Å². The first kappa shape index (κ1) is 31.9. The van der Waals surface area contributed by atoms with Gasteiger partial charge in [-0.1, -0.05) is 149 Å². The van der Waals surface area contributed by atoms with Gasteiger partial charge >= 0.3 is 10.4 Å². The summed E-state index contributed by atoms with van der Waals surface area (Å²) in [5.74, 6) is 0. The Morgan fingerprint density at radius 2 is 0.781 bits per heavy atom. The van der Waals surface area contributed by atoms with Crippen molar-refractivity contribution < 1.29 is 17.2 Å². The Balaban J connectivity index is 3.62. The normalized spacial score (nSPS) is 14.0. The Kier molecular flexibility index (Phi) is 21.3. The van der Waals surface area contributed by atoms with Gasteiger partial charge in [0.25, 0.3) is 0 Å². The molecule has 0 bridgehead atoms. The highest BCUT2D eigenvalue weighted by Gasteiger charge is 2.29. The molecule has 0 aliphatic carbocycles. The Bertz CT molecular complexity index is 492. The van der Waals surface area contributed by atoms with Crippen LogP contribution in [0.25, 0.3) is 0 Å². The molecule has 0 aromatic heterocycles. The molecule has 0 rings (SSSR count). The van der Waals surface area contributed by atoms with E-state index in [0.717, 1.165) is 38.5 Å². The molecular weight excluding hydrogens is 420 g/mol. The molecule has 0 saturated carbocycles. The molecule has 0 amide bonds. The predicted molar refractivity (Wildman–Crippen MR) is 139 cm³/mol. The van der Waals surface area contributed by atoms with E-state index in [-0.39, 0.29) is 0 Å². The van der Waals surface area contributed by atoms with Crippen LogP contribution in [-0.4, -0.2) is 18.6 Å². The average molecular weight is 477 g/mol. The highest BCUT2D eigenvalue weighted by Crippen LogP contribution is 2.28. The molecule has 0 aliphatic rings. The van der Waals surface area contributed by atoms with Gasteiger partial charge in [-0.15, -0.1) is 0 Å². The third-order valence-electron chi connectivity index (χ3n) is 6.67. The van der Waals surface area contributed by atoms with E-state index in [1.165, 1.54) is 96.3 Å². The second kappa shape index (κ2) is 21.4. The summed E-state index contributed by atoms with van der Waals surface area (Å²) >= 11 is 0. The topological polar surface area (TPSA) is 63.6 Å². The maximum Gasteiger partial charge on any atom is 0.397 e. The summed E-state index contributed by atoms with van der Waals surface area (Å²) < 4.78 is 36.7. The lowest BCUT2D eigenvalue weighted by Gasteiger charge is -2.27. The summed E-state index contributed by atoms with van der Waals surface area (Å²) in [4.78, 5) is 0. The van der Waals surface area contributed by atoms with Crippen molar-refractivity contribution in [3.05, 3.63) is 0 Å². The van der Waals surface area contributed by atoms with Gasteiger partial charge in [-0.25, -0.2) is 4.18 Å². The van der Waals surface area contributed by atoms with Gasteiger partial charge in [0.05, 0.1) is 5.60 Å². The van der Waals surface area contributed by atoms with E-state index in [1.54, 1.807) is 0 Å². The van der Waals surface area contributed by atoms with Gasteiger partial charge in [-0.3, -0.25) is 4.55 Å². The van der Waals surface area contributed by atoms with Crippen molar-refractivity contribution >= 4 is 10.4 Å². The molecule has 194 valence electrons. The van der Waals surface area contributed by atoms with Crippen LogP contribution < -0.4 is 0 Å². The van der Waals surface area contributed by atoms with E-state index in [4.69, 9.17) is 8.74 Å². The fourth-order valence-electron chi connectivity index (χ4n) is 4.61. The largest absolute Gasteiger partial charge is 0.397 e. The zero-order valence-electron chi connectivity index (χ0n) is 21.8. The van der Waals surface area contributed by atoms with Crippen LogP contribution in [-0.2, 0) is 14.6 Å². The molecule has 0 heterocycles. The second-order valence-electron chi connectivity index (χ2n) is 10.2. The molecule has 32 heavy (non-hydrogen) atoms. The van der Waals surface area contributed by atoms with Gasteiger partial charge < -0.3 is 0 Å². The molecule has 0 aliphatic heterocycles. The van der Waals surface area contributed by atoms with Crippen LogP contribution in [0.1, 0.15) is 168 Å². The highest BCUT2D eigenvalue weighted by atomic mass is 32.3. The maximum atomic E-state index is 11.3. The van der Waals surface area contributed by atoms with Gasteiger partial charge in [0.15, 0.2) is 0 Å². The number of hydrogen-bond acceptors (Lipinski definition) is 3. The van der Waals surface area contributed by atoms with Gasteiger partial charge in [0.2, 0.25) is 0 Å². The van der Waals surface area contributed by atoms with Crippen molar-refractivity contribution in [1.82, 2.24) is 0 Å². The van der Waals surface area contributed by atoms with Crippen LogP contribution in [0, 0.1) is 0 Å². The fourth-order valence-corrected chi connectivity index (χ4v) is 5.29. The molecule has 5 heteroatoms. The Labute approximate surface area is 201 Å². The Morgan fingerprint density at radius 3 is 1.06 bits per heavy atom. The van der Waals surface area contributed by atoms with E-state index >= 15 is 0 Å². The van der Waals surface area contributed by atoms with Crippen LogP contribution in [0.2, 0.25) is 0 Å². The molecule has 0 fully saturated rings. The first-order valence-corrected chi connectivity index (χ1v) is 15.4. The van der Waals surface area contributed by atoms with Crippen molar-refractivity contribution in [2.45, 2.75) is 174 Å². The Hall–Kier alpha value is -0.130. The van der Waals surface area contributed by atoms with Crippen LogP contribution in [0.15, 0.2) is 0 Å². The number of unbranched alkanes of at least 4 members (excludes halogenated alkanes) is 19. The van der Waals surface area contributed by atoms with Crippen molar-refractivity contribution in [2.75, 3.05) is 0 Å². The smallest absolute Gasteiger partial charge is 0.264 e. The minimum absolute atomic E-state index is 0.686. The lowest BCUT2D eigenvalue weighted by Crippen LogP contribution is -2.31. The lowest BCUT2D eigenvalue weighted by atomic mass is 9.91. The monoisotopic (exact) mass is 476 g/mol. The quantitative estimate of drug-likeness (QED) is 0.105. The predicted octanol–water partition coefficient (Wildman–Crippen LogP) is 9.58. The minimum atomic E-state index is -4.40. The number of rotatable bonds is 25. The molecule has 0 saturated heterocycles. The molecule has 0 radical (unpaired) electrons. The van der Waals surface area contributed by atoms with Crippen LogP contribution >= 0.6 is 0 Å². The van der Waals surface area contributed by atoms with Crippen molar-refractivity contribution in [3.8, 4) is 0 Å². The summed E-state index contributed by atoms with van der Waals surface area (Å²) in [5.41, 5.74) is -0.767. The zero-order chi connectivity index (χ0) is 24.0. The SMILES string of the molecule is CCCCCCCCCCCCCCCCCCCC(C)(CCCCCC)OS(=O)(=O)O. The van der Waals surface area contributed by atoms with E-state index in [0.29, 0.717) is 12.8 Å². The summed E-state index contributed by atoms with van der Waals surface area (Å²) in [6.45, 7) is 6.27. The third-order valence-corrected chi connectivity index (χ3v) is 7.29. The summed E-state index contributed by atoms with van der Waals surface area (Å²) in [5, 5.41) is 0. The van der Waals surface area contributed by atoms with Gasteiger partial charge in [-0.2, -0.15) is 8.42 Å². The molecule has 0 spiro atoms. The lowest BCUT2D eigenvalue weighted by molar-refractivity contribution is 0.0576. The van der Waals surface area contributed by atoms with E-state index in [1.807, 2.05) is 6.92 Å². The van der Waals surface area contributed by atoms with Gasteiger partial charge in [0, 0.05) is 0 Å². The Morgan fingerprint density at radius 1 is 0.531 bits per heavy atom. The van der Waals surface area contributed by atoms with Crippen molar-refractivity contribution in [1.29, 1.82) is 0 Å². The highest BCUT2D eigenvalue weighted by molar-refractivity contribution is 7.80. The zero-order valence-corrected chi connectivity index (χ0v) is 22.7. The van der Waals surface area contributed by atoms with Crippen molar-refractivity contribution in [3.63, 3.8) is 0 Å². The van der Waals surface area contributed by atoms with E-state index in [9.17, 15) is 8.42 Å². The molecule has 0 aromatic rings. The minimum Gasteiger partial charge on any atom is -0.264 e. The van der Waals surface area contributed by atoms with E-state index < -0.39 is 16.0 Å².